The van der Waals surface area contributed by atoms with Gasteiger partial charge in [0.2, 0.25) is 0 Å². The molecule has 2 atom stereocenters. The molecule has 1 heterocycles. The second kappa shape index (κ2) is 13.6. The van der Waals surface area contributed by atoms with Gasteiger partial charge in [0, 0.05) is 33.8 Å². The van der Waals surface area contributed by atoms with Crippen LogP contribution in [0.5, 0.6) is 0 Å². The fourth-order valence-electron chi connectivity index (χ4n) is 8.44. The van der Waals surface area contributed by atoms with Crippen LogP contribution in [-0.2, 0) is 5.41 Å². The van der Waals surface area contributed by atoms with E-state index < -0.39 is 0 Å². The van der Waals surface area contributed by atoms with Crippen LogP contribution in [-0.4, -0.2) is 4.57 Å². The van der Waals surface area contributed by atoms with Crippen LogP contribution in [0.15, 0.2) is 200 Å². The van der Waals surface area contributed by atoms with Gasteiger partial charge in [0.05, 0.1) is 11.0 Å². The van der Waals surface area contributed by atoms with Crippen LogP contribution in [0.25, 0.3) is 49.7 Å². The molecule has 1 N–H and O–H groups in total. The van der Waals surface area contributed by atoms with E-state index in [0.29, 0.717) is 11.8 Å². The zero-order valence-electron chi connectivity index (χ0n) is 30.2. The summed E-state index contributed by atoms with van der Waals surface area (Å²) in [7, 11) is 0. The molecule has 256 valence electrons. The van der Waals surface area contributed by atoms with Gasteiger partial charge in [-0.1, -0.05) is 159 Å². The molecule has 0 aliphatic heterocycles. The summed E-state index contributed by atoms with van der Waals surface area (Å²) in [5, 5.41) is 6.08. The zero-order chi connectivity index (χ0) is 35.8. The van der Waals surface area contributed by atoms with Gasteiger partial charge in [-0.25, -0.2) is 0 Å². The minimum Gasteiger partial charge on any atom is -0.356 e. The summed E-state index contributed by atoms with van der Waals surface area (Å²) in [4.78, 5) is 0. The molecule has 2 aliphatic rings. The summed E-state index contributed by atoms with van der Waals surface area (Å²) >= 11 is 0. The Labute approximate surface area is 312 Å². The van der Waals surface area contributed by atoms with Crippen LogP contribution in [0, 0.1) is 5.92 Å². The van der Waals surface area contributed by atoms with E-state index in [0.717, 1.165) is 5.69 Å². The molecule has 0 bridgehead atoms. The number of para-hydroxylation sites is 3. The molecule has 0 spiro atoms. The van der Waals surface area contributed by atoms with Gasteiger partial charge in [0.1, 0.15) is 0 Å². The zero-order valence-corrected chi connectivity index (χ0v) is 30.2. The number of aromatic nitrogens is 1. The lowest BCUT2D eigenvalue weighted by Gasteiger charge is -2.29. The first kappa shape index (κ1) is 32.5. The monoisotopic (exact) mass is 682 g/mol. The quantitative estimate of drug-likeness (QED) is 0.191. The van der Waals surface area contributed by atoms with Gasteiger partial charge in [-0.3, -0.25) is 0 Å². The molecule has 0 fully saturated rings. The molecule has 1 aromatic heterocycles. The number of benzene rings is 7. The topological polar surface area (TPSA) is 17.0 Å². The van der Waals surface area contributed by atoms with E-state index in [4.69, 9.17) is 0 Å². The van der Waals surface area contributed by atoms with Crippen LogP contribution >= 0.6 is 0 Å². The number of hydrogen-bond acceptors (Lipinski definition) is 1. The van der Waals surface area contributed by atoms with Crippen molar-refractivity contribution in [1.82, 2.24) is 4.57 Å². The van der Waals surface area contributed by atoms with Gasteiger partial charge in [-0.2, -0.15) is 0 Å². The average molecular weight is 683 g/mol. The minimum absolute atomic E-state index is 0.176. The highest BCUT2D eigenvalue weighted by Gasteiger charge is 2.44. The second-order valence-corrected chi connectivity index (χ2v) is 14.7. The van der Waals surface area contributed by atoms with Crippen LogP contribution in [0.4, 0.5) is 11.4 Å². The maximum Gasteiger partial charge on any atom is 0.0541 e. The summed E-state index contributed by atoms with van der Waals surface area (Å²) in [5.41, 5.74) is 14.1. The van der Waals surface area contributed by atoms with Crippen molar-refractivity contribution in [3.63, 3.8) is 0 Å². The Kier molecular flexibility index (Phi) is 8.37. The minimum atomic E-state index is 0.176. The van der Waals surface area contributed by atoms with Crippen molar-refractivity contribution in [1.29, 1.82) is 0 Å². The van der Waals surface area contributed by atoms with Crippen molar-refractivity contribution in [2.75, 3.05) is 5.32 Å². The summed E-state index contributed by atoms with van der Waals surface area (Å²) < 4.78 is 2.35. The SMILES string of the molecule is CC1(C)c2cc(Nc3ccccc3)ccc2C2C=CC=CC21.c1ccc(-c2ccc(-c3ccc4c(c3)c3ccccc3n4-c3ccccc3)cc2)cc1. The van der Waals surface area contributed by atoms with Crippen LogP contribution < -0.4 is 5.32 Å². The molecule has 53 heavy (non-hydrogen) atoms. The third kappa shape index (κ3) is 6.07. The lowest BCUT2D eigenvalue weighted by molar-refractivity contribution is 0.394. The van der Waals surface area contributed by atoms with E-state index in [1.165, 1.54) is 66.6 Å². The maximum atomic E-state index is 3.52. The van der Waals surface area contributed by atoms with Gasteiger partial charge < -0.3 is 9.88 Å². The smallest absolute Gasteiger partial charge is 0.0541 e. The average Bonchev–Trinajstić information content (AvgIpc) is 3.67. The van der Waals surface area contributed by atoms with Gasteiger partial charge in [0.25, 0.3) is 0 Å². The molecule has 7 aromatic carbocycles. The fourth-order valence-corrected chi connectivity index (χ4v) is 8.44. The van der Waals surface area contributed by atoms with Gasteiger partial charge in [-0.05, 0) is 99.3 Å². The van der Waals surface area contributed by atoms with Crippen molar-refractivity contribution >= 4 is 33.2 Å². The normalized spacial score (nSPS) is 16.5. The van der Waals surface area contributed by atoms with E-state index >= 15 is 0 Å². The highest BCUT2D eigenvalue weighted by atomic mass is 15.0. The first-order valence-electron chi connectivity index (χ1n) is 18.6. The third-order valence-electron chi connectivity index (χ3n) is 11.1. The third-order valence-corrected chi connectivity index (χ3v) is 11.1. The van der Waals surface area contributed by atoms with Crippen molar-refractivity contribution in [2.24, 2.45) is 5.92 Å². The van der Waals surface area contributed by atoms with E-state index in [1.807, 2.05) is 6.07 Å². The molecule has 2 nitrogen and oxygen atoms in total. The predicted octanol–water partition coefficient (Wildman–Crippen LogP) is 13.7. The van der Waals surface area contributed by atoms with E-state index in [2.05, 4.69) is 218 Å². The Bertz CT molecular complexity index is 2590. The second-order valence-electron chi connectivity index (χ2n) is 14.7. The molecule has 8 aromatic rings. The number of fused-ring (bicyclic) bond motifs is 6. The molecular formula is C51H42N2. The molecule has 10 rings (SSSR count). The summed E-state index contributed by atoms with van der Waals surface area (Å²) in [6.07, 6.45) is 9.10. The number of rotatable bonds is 5. The van der Waals surface area contributed by atoms with E-state index in [-0.39, 0.29) is 5.41 Å². The number of nitrogens with zero attached hydrogens (tertiary/aromatic N) is 1. The molecule has 0 saturated heterocycles. The molecule has 2 aliphatic carbocycles. The van der Waals surface area contributed by atoms with Crippen LogP contribution in [0.1, 0.15) is 30.9 Å². The van der Waals surface area contributed by atoms with Gasteiger partial charge >= 0.3 is 0 Å². The van der Waals surface area contributed by atoms with E-state index in [1.54, 1.807) is 0 Å². The molecule has 2 unspecified atom stereocenters. The summed E-state index contributed by atoms with van der Waals surface area (Å²) in [6.45, 7) is 4.73. The standard InChI is InChI=1S/C30H21N.C21H21N/c1-3-9-22(10-4-1)23-15-17-24(18-16-23)25-19-20-30-28(21-25)27-13-7-8-14-29(27)31(30)26-11-5-2-6-12-26;1-21(2)19-11-7-6-10-17(19)18-13-12-16(14-20(18)21)22-15-8-4-3-5-9-15/h1-21H;3-14,17,19,22H,1-2H3. The number of nitrogens with one attached hydrogen (secondary N) is 1. The first-order valence-corrected chi connectivity index (χ1v) is 18.6. The highest BCUT2D eigenvalue weighted by Crippen LogP contribution is 2.53. The molecule has 0 saturated carbocycles. The Morgan fingerprint density at radius 1 is 0.472 bits per heavy atom. The maximum absolute atomic E-state index is 3.52. The molecule has 2 heteroatoms. The first-order chi connectivity index (χ1) is 26.0. The molecular weight excluding hydrogens is 641 g/mol. The number of hydrogen-bond donors (Lipinski definition) is 1. The fraction of sp³-hybridized carbons (Fsp3) is 0.0980. The summed E-state index contributed by atoms with van der Waals surface area (Å²) in [6, 6.07) is 62.7. The number of allylic oxidation sites excluding steroid dienone is 4. The van der Waals surface area contributed by atoms with Crippen molar-refractivity contribution in [2.45, 2.75) is 25.2 Å². The lowest BCUT2D eigenvalue weighted by Crippen LogP contribution is -2.24. The highest BCUT2D eigenvalue weighted by molar-refractivity contribution is 6.10. The van der Waals surface area contributed by atoms with Crippen molar-refractivity contribution < 1.29 is 0 Å². The van der Waals surface area contributed by atoms with Gasteiger partial charge in [-0.15, -0.1) is 0 Å². The Hall–Kier alpha value is -6.38. The lowest BCUT2D eigenvalue weighted by atomic mass is 9.74. The Balaban J connectivity index is 0.000000149. The number of anilines is 2. The van der Waals surface area contributed by atoms with Crippen LogP contribution in [0.3, 0.4) is 0 Å². The molecule has 0 amide bonds. The van der Waals surface area contributed by atoms with E-state index in [9.17, 15) is 0 Å². The Morgan fingerprint density at radius 3 is 1.81 bits per heavy atom. The van der Waals surface area contributed by atoms with Crippen molar-refractivity contribution in [3.05, 3.63) is 211 Å². The van der Waals surface area contributed by atoms with Crippen molar-refractivity contribution in [3.8, 4) is 27.9 Å². The van der Waals surface area contributed by atoms with Crippen LogP contribution in [0.2, 0.25) is 0 Å². The molecule has 0 radical (unpaired) electrons. The predicted molar refractivity (Wildman–Crippen MR) is 225 cm³/mol. The Morgan fingerprint density at radius 2 is 1.06 bits per heavy atom. The van der Waals surface area contributed by atoms with Gasteiger partial charge in [0.15, 0.2) is 0 Å². The summed E-state index contributed by atoms with van der Waals surface area (Å²) in [5.74, 6) is 1.10. The largest absolute Gasteiger partial charge is 0.356 e.